The molecule has 0 aliphatic rings. The van der Waals surface area contributed by atoms with E-state index in [9.17, 15) is 0 Å². The molecule has 86 valence electrons. The number of para-hydroxylation sites is 1. The average Bonchev–Trinajstić information content (AvgIpc) is 3.05. The first-order valence-corrected chi connectivity index (χ1v) is 5.66. The quantitative estimate of drug-likeness (QED) is 0.507. The monoisotopic (exact) mass is 235 g/mol. The third kappa shape index (κ3) is 1.18. The van der Waals surface area contributed by atoms with Gasteiger partial charge < -0.3 is 0 Å². The van der Waals surface area contributed by atoms with E-state index in [4.69, 9.17) is 0 Å². The van der Waals surface area contributed by atoms with E-state index in [1.54, 1.807) is 6.20 Å². The maximum Gasteiger partial charge on any atom is 0.170 e. The number of nitrogens with zero attached hydrogens (tertiary/aromatic N) is 5. The van der Waals surface area contributed by atoms with Crippen molar-refractivity contribution in [3.8, 4) is 5.69 Å². The smallest absolute Gasteiger partial charge is 0.170 e. The molecule has 0 saturated heterocycles. The van der Waals surface area contributed by atoms with E-state index in [0.717, 1.165) is 22.5 Å². The molecule has 18 heavy (non-hydrogen) atoms. The Kier molecular flexibility index (Phi) is 1.77. The van der Waals surface area contributed by atoms with Crippen LogP contribution in [0.4, 0.5) is 0 Å². The number of hydrogen-bond acceptors (Lipinski definition) is 3. The predicted molar refractivity (Wildman–Crippen MR) is 67.6 cm³/mol. The molecule has 3 heterocycles. The second-order valence-electron chi connectivity index (χ2n) is 4.04. The normalized spacial score (nSPS) is 11.3. The number of rotatable bonds is 1. The van der Waals surface area contributed by atoms with Crippen LogP contribution in [0, 0.1) is 0 Å². The first-order chi connectivity index (χ1) is 8.93. The summed E-state index contributed by atoms with van der Waals surface area (Å²) in [5.74, 6) is 0. The molecule has 3 aromatic heterocycles. The fourth-order valence-corrected chi connectivity index (χ4v) is 2.13. The van der Waals surface area contributed by atoms with Gasteiger partial charge in [-0.05, 0) is 24.3 Å². The zero-order chi connectivity index (χ0) is 11.9. The third-order valence-electron chi connectivity index (χ3n) is 2.94. The van der Waals surface area contributed by atoms with Gasteiger partial charge in [-0.2, -0.15) is 5.10 Å². The number of fused-ring (bicyclic) bond motifs is 3. The van der Waals surface area contributed by atoms with Crippen molar-refractivity contribution in [1.82, 2.24) is 24.4 Å². The Morgan fingerprint density at radius 1 is 0.889 bits per heavy atom. The van der Waals surface area contributed by atoms with Crippen molar-refractivity contribution < 1.29 is 0 Å². The molecule has 0 spiro atoms. The summed E-state index contributed by atoms with van der Waals surface area (Å²) in [5.41, 5.74) is 3.54. The Labute approximate surface area is 102 Å². The first-order valence-electron chi connectivity index (χ1n) is 5.66. The molecule has 5 heteroatoms. The minimum atomic E-state index is 0.780. The molecule has 0 bridgehead atoms. The van der Waals surface area contributed by atoms with Gasteiger partial charge >= 0.3 is 0 Å². The number of benzene rings is 1. The molecule has 4 rings (SSSR count). The highest BCUT2D eigenvalue weighted by Crippen LogP contribution is 2.17. The van der Waals surface area contributed by atoms with Crippen LogP contribution >= 0.6 is 0 Å². The van der Waals surface area contributed by atoms with Gasteiger partial charge in [-0.3, -0.25) is 4.40 Å². The summed E-state index contributed by atoms with van der Waals surface area (Å²) in [7, 11) is 0. The largest absolute Gasteiger partial charge is 0.282 e. The van der Waals surface area contributed by atoms with Gasteiger partial charge in [0.2, 0.25) is 0 Å². The molecule has 5 nitrogen and oxygen atoms in total. The molecular formula is C13H9N5. The second kappa shape index (κ2) is 3.40. The van der Waals surface area contributed by atoms with Gasteiger partial charge in [0.1, 0.15) is 5.52 Å². The standard InChI is InChI=1S/C13H9N5/c1-2-5-10(6-3-1)18-13-11(9-14-18)15-16-12-7-4-8-17(12)13/h1-9H. The number of aromatic nitrogens is 5. The summed E-state index contributed by atoms with van der Waals surface area (Å²) < 4.78 is 3.86. The lowest BCUT2D eigenvalue weighted by Crippen LogP contribution is -2.01. The molecule has 0 atom stereocenters. The van der Waals surface area contributed by atoms with E-state index in [0.29, 0.717) is 0 Å². The lowest BCUT2D eigenvalue weighted by Gasteiger charge is -2.04. The van der Waals surface area contributed by atoms with E-state index in [1.165, 1.54) is 0 Å². The van der Waals surface area contributed by atoms with Crippen LogP contribution in [0.1, 0.15) is 0 Å². The Balaban J connectivity index is 2.15. The number of hydrogen-bond donors (Lipinski definition) is 0. The topological polar surface area (TPSA) is 48.0 Å². The van der Waals surface area contributed by atoms with E-state index in [1.807, 2.05) is 57.7 Å². The van der Waals surface area contributed by atoms with Crippen molar-refractivity contribution in [3.63, 3.8) is 0 Å². The molecule has 0 saturated carbocycles. The van der Waals surface area contributed by atoms with Crippen LogP contribution < -0.4 is 0 Å². The fraction of sp³-hybridized carbons (Fsp3) is 0. The van der Waals surface area contributed by atoms with Crippen LogP contribution in [0.2, 0.25) is 0 Å². The van der Waals surface area contributed by atoms with Crippen molar-refractivity contribution in [2.24, 2.45) is 0 Å². The second-order valence-corrected chi connectivity index (χ2v) is 4.04. The van der Waals surface area contributed by atoms with E-state index in [-0.39, 0.29) is 0 Å². The minimum absolute atomic E-state index is 0.780. The summed E-state index contributed by atoms with van der Waals surface area (Å²) in [5, 5.41) is 12.7. The van der Waals surface area contributed by atoms with Crippen LogP contribution in [0.15, 0.2) is 54.9 Å². The van der Waals surface area contributed by atoms with Gasteiger partial charge in [0.25, 0.3) is 0 Å². The molecule has 0 N–H and O–H groups in total. The zero-order valence-corrected chi connectivity index (χ0v) is 9.43. The SMILES string of the molecule is c1ccc(-n2ncc3nnc4cccn4c32)cc1. The Morgan fingerprint density at radius 2 is 1.78 bits per heavy atom. The molecular weight excluding hydrogens is 226 g/mol. The van der Waals surface area contributed by atoms with Crippen LogP contribution in [0.5, 0.6) is 0 Å². The summed E-state index contributed by atoms with van der Waals surface area (Å²) in [6.45, 7) is 0. The fourth-order valence-electron chi connectivity index (χ4n) is 2.13. The lowest BCUT2D eigenvalue weighted by atomic mass is 10.3. The third-order valence-corrected chi connectivity index (χ3v) is 2.94. The van der Waals surface area contributed by atoms with Crippen molar-refractivity contribution in [2.45, 2.75) is 0 Å². The molecule has 0 aliphatic heterocycles. The van der Waals surface area contributed by atoms with Gasteiger partial charge in [-0.15, -0.1) is 10.2 Å². The van der Waals surface area contributed by atoms with Crippen molar-refractivity contribution in [1.29, 1.82) is 0 Å². The molecule has 1 aromatic carbocycles. The molecule has 0 unspecified atom stereocenters. The van der Waals surface area contributed by atoms with E-state index >= 15 is 0 Å². The highest BCUT2D eigenvalue weighted by molar-refractivity contribution is 5.74. The molecule has 0 radical (unpaired) electrons. The maximum atomic E-state index is 4.39. The van der Waals surface area contributed by atoms with Crippen LogP contribution in [0.25, 0.3) is 22.5 Å². The van der Waals surface area contributed by atoms with E-state index < -0.39 is 0 Å². The van der Waals surface area contributed by atoms with Crippen LogP contribution in [-0.4, -0.2) is 24.4 Å². The van der Waals surface area contributed by atoms with Crippen LogP contribution in [0.3, 0.4) is 0 Å². The van der Waals surface area contributed by atoms with Crippen molar-refractivity contribution in [3.05, 3.63) is 54.9 Å². The summed E-state index contributed by atoms with van der Waals surface area (Å²) in [6, 6.07) is 13.9. The highest BCUT2D eigenvalue weighted by atomic mass is 15.3. The van der Waals surface area contributed by atoms with Crippen molar-refractivity contribution in [2.75, 3.05) is 0 Å². The zero-order valence-electron chi connectivity index (χ0n) is 9.43. The molecule has 0 amide bonds. The Bertz CT molecular complexity index is 828. The van der Waals surface area contributed by atoms with Gasteiger partial charge in [-0.1, -0.05) is 18.2 Å². The van der Waals surface area contributed by atoms with Gasteiger partial charge in [-0.25, -0.2) is 4.68 Å². The Morgan fingerprint density at radius 3 is 2.67 bits per heavy atom. The summed E-state index contributed by atoms with van der Waals surface area (Å²) in [4.78, 5) is 0. The van der Waals surface area contributed by atoms with Crippen molar-refractivity contribution >= 4 is 16.8 Å². The molecule has 0 fully saturated rings. The highest BCUT2D eigenvalue weighted by Gasteiger charge is 2.10. The lowest BCUT2D eigenvalue weighted by molar-refractivity contribution is 0.884. The minimum Gasteiger partial charge on any atom is -0.282 e. The van der Waals surface area contributed by atoms with Gasteiger partial charge in [0, 0.05) is 6.20 Å². The predicted octanol–water partition coefficient (Wildman–Crippen LogP) is 2.07. The molecule has 4 aromatic rings. The molecule has 0 aliphatic carbocycles. The Hall–Kier alpha value is -2.69. The summed E-state index contributed by atoms with van der Waals surface area (Å²) in [6.07, 6.45) is 3.70. The average molecular weight is 235 g/mol. The summed E-state index contributed by atoms with van der Waals surface area (Å²) >= 11 is 0. The van der Waals surface area contributed by atoms with Gasteiger partial charge in [0.15, 0.2) is 11.3 Å². The van der Waals surface area contributed by atoms with Gasteiger partial charge in [0.05, 0.1) is 11.9 Å². The van der Waals surface area contributed by atoms with Crippen LogP contribution in [-0.2, 0) is 0 Å². The maximum absolute atomic E-state index is 4.39. The first kappa shape index (κ1) is 9.35. The van der Waals surface area contributed by atoms with E-state index in [2.05, 4.69) is 15.3 Å².